The standard InChI is InChI=1S/C17H17ClN2O2/c1-2-13-6-8-16(9-7-13)22-12-17(21)20-19-11-14-4-3-5-15(18)10-14/h3-11H,2,12H2,1H3,(H,20,21)/b19-11-. The van der Waals surface area contributed by atoms with Gasteiger partial charge in [0.25, 0.3) is 5.91 Å². The van der Waals surface area contributed by atoms with Crippen LogP contribution >= 0.6 is 11.6 Å². The Morgan fingerprint density at radius 2 is 2.05 bits per heavy atom. The SMILES string of the molecule is CCc1ccc(OCC(=O)N/N=C\c2cccc(Cl)c2)cc1. The number of halogens is 1. The van der Waals surface area contributed by atoms with E-state index in [1.54, 1.807) is 12.1 Å². The first-order valence-electron chi connectivity index (χ1n) is 6.96. The van der Waals surface area contributed by atoms with Crippen molar-refractivity contribution in [2.45, 2.75) is 13.3 Å². The van der Waals surface area contributed by atoms with Crippen LogP contribution < -0.4 is 10.2 Å². The van der Waals surface area contributed by atoms with Gasteiger partial charge in [0.1, 0.15) is 5.75 Å². The van der Waals surface area contributed by atoms with Gasteiger partial charge in [0, 0.05) is 5.02 Å². The second kappa shape index (κ2) is 8.20. The maximum absolute atomic E-state index is 11.6. The van der Waals surface area contributed by atoms with Crippen LogP contribution in [-0.2, 0) is 11.2 Å². The lowest BCUT2D eigenvalue weighted by atomic mass is 10.2. The number of nitrogens with one attached hydrogen (secondary N) is 1. The topological polar surface area (TPSA) is 50.7 Å². The highest BCUT2D eigenvalue weighted by Gasteiger charge is 2.01. The van der Waals surface area contributed by atoms with Crippen LogP contribution in [0.25, 0.3) is 0 Å². The molecule has 0 unspecified atom stereocenters. The molecule has 0 fully saturated rings. The van der Waals surface area contributed by atoms with Crippen LogP contribution in [-0.4, -0.2) is 18.7 Å². The van der Waals surface area contributed by atoms with E-state index in [4.69, 9.17) is 16.3 Å². The Bertz CT molecular complexity index is 654. The molecule has 0 aliphatic heterocycles. The summed E-state index contributed by atoms with van der Waals surface area (Å²) in [6.45, 7) is 2.00. The Labute approximate surface area is 134 Å². The average molecular weight is 317 g/mol. The lowest BCUT2D eigenvalue weighted by molar-refractivity contribution is -0.123. The number of hydrogen-bond acceptors (Lipinski definition) is 3. The van der Waals surface area contributed by atoms with Crippen molar-refractivity contribution in [1.29, 1.82) is 0 Å². The molecule has 4 nitrogen and oxygen atoms in total. The van der Waals surface area contributed by atoms with Crippen LogP contribution in [0.5, 0.6) is 5.75 Å². The number of benzene rings is 2. The van der Waals surface area contributed by atoms with E-state index in [-0.39, 0.29) is 12.5 Å². The van der Waals surface area contributed by atoms with E-state index < -0.39 is 0 Å². The van der Waals surface area contributed by atoms with Crippen LogP contribution in [0.15, 0.2) is 53.6 Å². The zero-order valence-electron chi connectivity index (χ0n) is 12.3. The molecule has 2 aromatic rings. The van der Waals surface area contributed by atoms with Crippen molar-refractivity contribution in [3.05, 3.63) is 64.7 Å². The van der Waals surface area contributed by atoms with E-state index in [9.17, 15) is 4.79 Å². The molecule has 0 aliphatic carbocycles. The van der Waals surface area contributed by atoms with Gasteiger partial charge < -0.3 is 4.74 Å². The molecule has 0 aromatic heterocycles. The first-order chi connectivity index (χ1) is 10.7. The summed E-state index contributed by atoms with van der Waals surface area (Å²) in [4.78, 5) is 11.6. The predicted molar refractivity (Wildman–Crippen MR) is 88.5 cm³/mol. The fraction of sp³-hybridized carbons (Fsp3) is 0.176. The molecule has 0 atom stereocenters. The fourth-order valence-corrected chi connectivity index (χ4v) is 1.97. The summed E-state index contributed by atoms with van der Waals surface area (Å²) >= 11 is 5.86. The molecule has 22 heavy (non-hydrogen) atoms. The van der Waals surface area contributed by atoms with Crippen LogP contribution in [0.2, 0.25) is 5.02 Å². The van der Waals surface area contributed by atoms with E-state index in [1.165, 1.54) is 11.8 Å². The minimum absolute atomic E-state index is 0.0850. The molecule has 1 amide bonds. The number of nitrogens with zero attached hydrogens (tertiary/aromatic N) is 1. The molecule has 0 saturated heterocycles. The molecular weight excluding hydrogens is 300 g/mol. The number of amides is 1. The van der Waals surface area contributed by atoms with Gasteiger partial charge in [-0.25, -0.2) is 5.43 Å². The summed E-state index contributed by atoms with van der Waals surface area (Å²) in [5, 5.41) is 4.48. The second-order valence-corrected chi connectivity index (χ2v) is 5.07. The summed E-state index contributed by atoms with van der Waals surface area (Å²) in [6, 6.07) is 14.8. The number of carbonyl (C=O) groups excluding carboxylic acids is 1. The van der Waals surface area contributed by atoms with Crippen molar-refractivity contribution in [1.82, 2.24) is 5.43 Å². The van der Waals surface area contributed by atoms with Gasteiger partial charge in [-0.3, -0.25) is 4.79 Å². The molecule has 0 radical (unpaired) electrons. The van der Waals surface area contributed by atoms with Crippen molar-refractivity contribution in [3.63, 3.8) is 0 Å². The zero-order valence-corrected chi connectivity index (χ0v) is 13.0. The molecule has 2 aromatic carbocycles. The molecule has 5 heteroatoms. The van der Waals surface area contributed by atoms with Gasteiger partial charge in [-0.15, -0.1) is 0 Å². The summed E-state index contributed by atoms with van der Waals surface area (Å²) in [5.41, 5.74) is 4.44. The Balaban J connectivity index is 1.77. The van der Waals surface area contributed by atoms with Crippen LogP contribution in [0, 0.1) is 0 Å². The summed E-state index contributed by atoms with van der Waals surface area (Å²) in [6.07, 6.45) is 2.50. The maximum Gasteiger partial charge on any atom is 0.277 e. The third-order valence-corrected chi connectivity index (χ3v) is 3.19. The van der Waals surface area contributed by atoms with Crippen LogP contribution in [0.3, 0.4) is 0 Å². The van der Waals surface area contributed by atoms with Gasteiger partial charge in [0.2, 0.25) is 0 Å². The van der Waals surface area contributed by atoms with Gasteiger partial charge in [0.15, 0.2) is 6.61 Å². The van der Waals surface area contributed by atoms with Crippen molar-refractivity contribution in [3.8, 4) is 5.75 Å². The van der Waals surface area contributed by atoms with E-state index >= 15 is 0 Å². The van der Waals surface area contributed by atoms with E-state index in [0.717, 1.165) is 12.0 Å². The highest BCUT2D eigenvalue weighted by atomic mass is 35.5. The number of rotatable bonds is 6. The van der Waals surface area contributed by atoms with Gasteiger partial charge >= 0.3 is 0 Å². The van der Waals surface area contributed by atoms with Crippen LogP contribution in [0.1, 0.15) is 18.1 Å². The largest absolute Gasteiger partial charge is 0.484 e. The molecule has 2 rings (SSSR count). The number of ether oxygens (including phenoxy) is 1. The van der Waals surface area contributed by atoms with Crippen molar-refractivity contribution in [2.24, 2.45) is 5.10 Å². The summed E-state index contributed by atoms with van der Waals surface area (Å²) in [5.74, 6) is 0.337. The summed E-state index contributed by atoms with van der Waals surface area (Å²) in [7, 11) is 0. The monoisotopic (exact) mass is 316 g/mol. The molecule has 0 bridgehead atoms. The Hall–Kier alpha value is -2.33. The third-order valence-electron chi connectivity index (χ3n) is 2.95. The van der Waals surface area contributed by atoms with Gasteiger partial charge in [-0.1, -0.05) is 42.8 Å². The maximum atomic E-state index is 11.6. The van der Waals surface area contributed by atoms with E-state index in [0.29, 0.717) is 10.8 Å². The Morgan fingerprint density at radius 1 is 1.27 bits per heavy atom. The Kier molecular flexibility index (Phi) is 5.98. The predicted octanol–water partition coefficient (Wildman–Crippen LogP) is 3.43. The number of hydrazone groups is 1. The first-order valence-corrected chi connectivity index (χ1v) is 7.34. The fourth-order valence-electron chi connectivity index (χ4n) is 1.77. The van der Waals surface area contributed by atoms with Gasteiger partial charge in [0.05, 0.1) is 6.21 Å². The number of aryl methyl sites for hydroxylation is 1. The van der Waals surface area contributed by atoms with Crippen LogP contribution in [0.4, 0.5) is 0 Å². The van der Waals surface area contributed by atoms with Crippen molar-refractivity contribution >= 4 is 23.7 Å². The molecule has 0 heterocycles. The zero-order chi connectivity index (χ0) is 15.8. The highest BCUT2D eigenvalue weighted by Crippen LogP contribution is 2.12. The van der Waals surface area contributed by atoms with Crippen molar-refractivity contribution < 1.29 is 9.53 Å². The molecular formula is C17H17ClN2O2. The van der Waals surface area contributed by atoms with Crippen molar-refractivity contribution in [2.75, 3.05) is 6.61 Å². The molecule has 0 spiro atoms. The minimum atomic E-state index is -0.321. The normalized spacial score (nSPS) is 10.6. The number of carbonyl (C=O) groups is 1. The average Bonchev–Trinajstić information content (AvgIpc) is 2.53. The first kappa shape index (κ1) is 16.0. The van der Waals surface area contributed by atoms with E-state index in [1.807, 2.05) is 36.4 Å². The van der Waals surface area contributed by atoms with Gasteiger partial charge in [-0.05, 0) is 41.8 Å². The number of hydrogen-bond donors (Lipinski definition) is 1. The Morgan fingerprint density at radius 3 is 2.73 bits per heavy atom. The smallest absolute Gasteiger partial charge is 0.277 e. The highest BCUT2D eigenvalue weighted by molar-refractivity contribution is 6.30. The molecule has 0 saturated carbocycles. The van der Waals surface area contributed by atoms with E-state index in [2.05, 4.69) is 17.5 Å². The molecule has 1 N–H and O–H groups in total. The second-order valence-electron chi connectivity index (χ2n) is 4.63. The quantitative estimate of drug-likeness (QED) is 0.655. The lowest BCUT2D eigenvalue weighted by Gasteiger charge is -2.05. The lowest BCUT2D eigenvalue weighted by Crippen LogP contribution is -2.24. The van der Waals surface area contributed by atoms with Gasteiger partial charge in [-0.2, -0.15) is 5.10 Å². The molecule has 0 aliphatic rings. The summed E-state index contributed by atoms with van der Waals surface area (Å²) < 4.78 is 5.38. The third kappa shape index (κ3) is 5.22. The minimum Gasteiger partial charge on any atom is -0.484 e. The molecule has 114 valence electrons.